The zero-order valence-corrected chi connectivity index (χ0v) is 13.1. The van der Waals surface area contributed by atoms with Crippen molar-refractivity contribution in [3.8, 4) is 0 Å². The molecule has 0 aromatic heterocycles. The molecular formula is C16H27NO4. The Labute approximate surface area is 126 Å². The van der Waals surface area contributed by atoms with Crippen LogP contribution in [0.25, 0.3) is 0 Å². The molecule has 120 valence electrons. The summed E-state index contributed by atoms with van der Waals surface area (Å²) in [5.41, 5.74) is -0.822. The second kappa shape index (κ2) is 6.77. The minimum absolute atomic E-state index is 0.00590. The van der Waals surface area contributed by atoms with Gasteiger partial charge >= 0.3 is 5.97 Å². The predicted octanol–water partition coefficient (Wildman–Crippen LogP) is 2.20. The van der Waals surface area contributed by atoms with E-state index < -0.39 is 11.5 Å². The first-order valence-electron chi connectivity index (χ1n) is 7.98. The topological polar surface area (TPSA) is 75.6 Å². The summed E-state index contributed by atoms with van der Waals surface area (Å²) in [6.07, 6.45) is 7.24. The number of aliphatic carboxylic acids is 1. The molecule has 0 radical (unpaired) electrons. The normalized spacial score (nSPS) is 28.7. The molecule has 5 heteroatoms. The van der Waals surface area contributed by atoms with E-state index in [4.69, 9.17) is 9.84 Å². The summed E-state index contributed by atoms with van der Waals surface area (Å²) in [4.78, 5) is 23.3. The third kappa shape index (κ3) is 4.43. The Morgan fingerprint density at radius 2 is 1.95 bits per heavy atom. The number of nitrogens with one attached hydrogen (secondary N) is 1. The SMILES string of the molecule is COCC(C)(CC(=O)O)NC(=O)C1CC1C1CCCCC1. The van der Waals surface area contributed by atoms with Crippen LogP contribution in [0.1, 0.15) is 51.9 Å². The molecule has 2 aliphatic rings. The van der Waals surface area contributed by atoms with Gasteiger partial charge in [-0.2, -0.15) is 0 Å². The highest BCUT2D eigenvalue weighted by atomic mass is 16.5. The van der Waals surface area contributed by atoms with Gasteiger partial charge < -0.3 is 15.2 Å². The van der Waals surface area contributed by atoms with E-state index >= 15 is 0 Å². The Morgan fingerprint density at radius 1 is 1.29 bits per heavy atom. The monoisotopic (exact) mass is 297 g/mol. The van der Waals surface area contributed by atoms with Gasteiger partial charge in [-0.3, -0.25) is 9.59 Å². The van der Waals surface area contributed by atoms with Crippen LogP contribution in [0.4, 0.5) is 0 Å². The highest BCUT2D eigenvalue weighted by Gasteiger charge is 2.48. The molecule has 0 aromatic rings. The van der Waals surface area contributed by atoms with Crippen molar-refractivity contribution >= 4 is 11.9 Å². The Hall–Kier alpha value is -1.10. The van der Waals surface area contributed by atoms with Crippen LogP contribution in [-0.2, 0) is 14.3 Å². The number of hydrogen-bond donors (Lipinski definition) is 2. The molecule has 3 atom stereocenters. The molecular weight excluding hydrogens is 270 g/mol. The van der Waals surface area contributed by atoms with Gasteiger partial charge in [-0.15, -0.1) is 0 Å². The van der Waals surface area contributed by atoms with E-state index in [9.17, 15) is 9.59 Å². The molecule has 0 bridgehead atoms. The van der Waals surface area contributed by atoms with Crippen LogP contribution < -0.4 is 5.32 Å². The summed E-state index contributed by atoms with van der Waals surface area (Å²) in [5, 5.41) is 11.9. The molecule has 21 heavy (non-hydrogen) atoms. The number of amides is 1. The van der Waals surface area contributed by atoms with Gasteiger partial charge in [0.2, 0.25) is 5.91 Å². The van der Waals surface area contributed by atoms with Crippen molar-refractivity contribution in [3.63, 3.8) is 0 Å². The number of rotatable bonds is 7. The van der Waals surface area contributed by atoms with Crippen LogP contribution in [0.5, 0.6) is 0 Å². The van der Waals surface area contributed by atoms with Gasteiger partial charge in [-0.05, 0) is 25.2 Å². The highest BCUT2D eigenvalue weighted by Crippen LogP contribution is 2.49. The maximum atomic E-state index is 12.4. The minimum Gasteiger partial charge on any atom is -0.481 e. The van der Waals surface area contributed by atoms with Crippen molar-refractivity contribution in [3.05, 3.63) is 0 Å². The second-order valence-corrected chi connectivity index (χ2v) is 6.96. The smallest absolute Gasteiger partial charge is 0.305 e. The van der Waals surface area contributed by atoms with Crippen molar-refractivity contribution in [1.82, 2.24) is 5.32 Å². The van der Waals surface area contributed by atoms with Crippen LogP contribution in [0.2, 0.25) is 0 Å². The third-order valence-corrected chi connectivity index (χ3v) is 4.86. The van der Waals surface area contributed by atoms with Crippen molar-refractivity contribution in [2.24, 2.45) is 17.8 Å². The highest BCUT2D eigenvalue weighted by molar-refractivity contribution is 5.83. The van der Waals surface area contributed by atoms with E-state index in [2.05, 4.69) is 5.32 Å². The molecule has 3 unspecified atom stereocenters. The number of ether oxygens (including phenoxy) is 1. The molecule has 0 aromatic carbocycles. The number of carboxylic acids is 1. The molecule has 2 rings (SSSR count). The standard InChI is InChI=1S/C16H27NO4/c1-16(10-21-2,9-14(18)19)17-15(20)13-8-12(13)11-6-4-3-5-7-11/h11-13H,3-10H2,1-2H3,(H,17,20)(H,18,19). The van der Waals surface area contributed by atoms with Crippen LogP contribution in [0.15, 0.2) is 0 Å². The van der Waals surface area contributed by atoms with E-state index in [1.807, 2.05) is 0 Å². The molecule has 5 nitrogen and oxygen atoms in total. The lowest BCUT2D eigenvalue weighted by molar-refractivity contribution is -0.139. The second-order valence-electron chi connectivity index (χ2n) is 6.96. The number of carbonyl (C=O) groups excluding carboxylic acids is 1. The summed E-state index contributed by atoms with van der Waals surface area (Å²) in [6.45, 7) is 1.95. The average molecular weight is 297 g/mol. The molecule has 0 spiro atoms. The lowest BCUT2D eigenvalue weighted by Crippen LogP contribution is -2.51. The Kier molecular flexibility index (Phi) is 5.25. The fourth-order valence-electron chi connectivity index (χ4n) is 3.77. The van der Waals surface area contributed by atoms with E-state index in [1.54, 1.807) is 6.92 Å². The van der Waals surface area contributed by atoms with Crippen molar-refractivity contribution in [1.29, 1.82) is 0 Å². The zero-order valence-electron chi connectivity index (χ0n) is 13.1. The predicted molar refractivity (Wildman–Crippen MR) is 78.8 cm³/mol. The van der Waals surface area contributed by atoms with Crippen LogP contribution >= 0.6 is 0 Å². The lowest BCUT2D eigenvalue weighted by Gasteiger charge is -2.29. The summed E-state index contributed by atoms with van der Waals surface area (Å²) >= 11 is 0. The molecule has 1 amide bonds. The number of carbonyl (C=O) groups is 2. The van der Waals surface area contributed by atoms with Gasteiger partial charge in [-0.1, -0.05) is 32.1 Å². The van der Waals surface area contributed by atoms with Crippen molar-refractivity contribution in [2.45, 2.75) is 57.4 Å². The van der Waals surface area contributed by atoms with Gasteiger partial charge in [0.05, 0.1) is 18.6 Å². The largest absolute Gasteiger partial charge is 0.481 e. The van der Waals surface area contributed by atoms with Crippen LogP contribution in [0.3, 0.4) is 0 Å². The number of carboxylic acid groups (broad SMARTS) is 1. The van der Waals surface area contributed by atoms with Crippen LogP contribution in [-0.4, -0.2) is 36.2 Å². The zero-order chi connectivity index (χ0) is 15.5. The lowest BCUT2D eigenvalue weighted by atomic mass is 9.85. The Morgan fingerprint density at radius 3 is 2.52 bits per heavy atom. The number of methoxy groups -OCH3 is 1. The van der Waals surface area contributed by atoms with Gasteiger partial charge in [0.1, 0.15) is 0 Å². The molecule has 2 aliphatic carbocycles. The van der Waals surface area contributed by atoms with E-state index in [0.29, 0.717) is 11.8 Å². The molecule has 0 saturated heterocycles. The van der Waals surface area contributed by atoms with E-state index in [1.165, 1.54) is 39.2 Å². The molecule has 0 aliphatic heterocycles. The van der Waals surface area contributed by atoms with Gasteiger partial charge in [0, 0.05) is 13.0 Å². The summed E-state index contributed by atoms with van der Waals surface area (Å²) in [6, 6.07) is 0. The average Bonchev–Trinajstić information content (AvgIpc) is 3.19. The fraction of sp³-hybridized carbons (Fsp3) is 0.875. The molecule has 2 fully saturated rings. The summed E-state index contributed by atoms with van der Waals surface area (Å²) < 4.78 is 5.07. The van der Waals surface area contributed by atoms with E-state index in [0.717, 1.165) is 6.42 Å². The van der Waals surface area contributed by atoms with Gasteiger partial charge in [0.15, 0.2) is 0 Å². The van der Waals surface area contributed by atoms with Gasteiger partial charge in [0.25, 0.3) is 0 Å². The molecule has 2 saturated carbocycles. The molecule has 0 heterocycles. The van der Waals surface area contributed by atoms with Crippen molar-refractivity contribution in [2.75, 3.05) is 13.7 Å². The number of hydrogen-bond acceptors (Lipinski definition) is 3. The Bertz CT molecular complexity index is 392. The van der Waals surface area contributed by atoms with Crippen molar-refractivity contribution < 1.29 is 19.4 Å². The first kappa shape index (κ1) is 16.3. The summed E-state index contributed by atoms with van der Waals surface area (Å²) in [7, 11) is 1.52. The minimum atomic E-state index is -0.922. The van der Waals surface area contributed by atoms with E-state index in [-0.39, 0.29) is 24.9 Å². The third-order valence-electron chi connectivity index (χ3n) is 4.86. The Balaban J connectivity index is 1.86. The molecule has 2 N–H and O–H groups in total. The van der Waals surface area contributed by atoms with Crippen LogP contribution in [0, 0.1) is 17.8 Å². The maximum Gasteiger partial charge on any atom is 0.305 e. The first-order chi connectivity index (χ1) is 9.95. The first-order valence-corrected chi connectivity index (χ1v) is 7.98. The quantitative estimate of drug-likeness (QED) is 0.755. The van der Waals surface area contributed by atoms with Gasteiger partial charge in [-0.25, -0.2) is 0 Å². The fourth-order valence-corrected chi connectivity index (χ4v) is 3.77. The summed E-state index contributed by atoms with van der Waals surface area (Å²) in [5.74, 6) is 0.378. The maximum absolute atomic E-state index is 12.4.